The molecule has 0 unspecified atom stereocenters. The Balaban J connectivity index is 1.74. The molecule has 0 atom stereocenters. The van der Waals surface area contributed by atoms with Crippen molar-refractivity contribution in [3.8, 4) is 34.3 Å². The van der Waals surface area contributed by atoms with Crippen molar-refractivity contribution in [2.45, 2.75) is 6.54 Å². The van der Waals surface area contributed by atoms with E-state index >= 15 is 0 Å². The highest BCUT2D eigenvalue weighted by Gasteiger charge is 2.20. The van der Waals surface area contributed by atoms with Gasteiger partial charge in [0.25, 0.3) is 5.91 Å². The van der Waals surface area contributed by atoms with Crippen molar-refractivity contribution in [3.63, 3.8) is 0 Å². The van der Waals surface area contributed by atoms with Crippen molar-refractivity contribution in [2.75, 3.05) is 13.7 Å². The van der Waals surface area contributed by atoms with Crippen LogP contribution in [0.3, 0.4) is 0 Å². The number of nitrogens with zero attached hydrogens (tertiary/aromatic N) is 4. The van der Waals surface area contributed by atoms with Crippen LogP contribution in [-0.2, 0) is 6.54 Å². The lowest BCUT2D eigenvalue weighted by molar-refractivity contribution is 0.0924. The molecule has 25 heavy (non-hydrogen) atoms. The van der Waals surface area contributed by atoms with Gasteiger partial charge in [0.1, 0.15) is 11.4 Å². The van der Waals surface area contributed by atoms with Gasteiger partial charge >= 0.3 is 0 Å². The number of nitrogens with one attached hydrogen (secondary N) is 1. The summed E-state index contributed by atoms with van der Waals surface area (Å²) in [5, 5.41) is 17.0. The average molecular weight is 337 g/mol. The standard InChI is InChI=1S/C17H15N5O3/c1-25-15-8-10(2-3-14(15)23)16-18-5-4-11(20-16)12-9-13-17(24)19-6-7-22(13)21-12/h2-5,8-9,23H,6-7H2,1H3,(H,19,24). The Morgan fingerprint density at radius 2 is 2.12 bits per heavy atom. The molecular weight excluding hydrogens is 322 g/mol. The molecule has 8 nitrogen and oxygen atoms in total. The van der Waals surface area contributed by atoms with E-state index in [0.717, 1.165) is 0 Å². The first kappa shape index (κ1) is 15.1. The van der Waals surface area contributed by atoms with Gasteiger partial charge in [-0.05, 0) is 30.3 Å². The summed E-state index contributed by atoms with van der Waals surface area (Å²) in [6.45, 7) is 1.20. The van der Waals surface area contributed by atoms with Crippen molar-refractivity contribution in [1.29, 1.82) is 0 Å². The van der Waals surface area contributed by atoms with E-state index < -0.39 is 0 Å². The van der Waals surface area contributed by atoms with Gasteiger partial charge < -0.3 is 15.2 Å². The molecule has 0 saturated heterocycles. The highest BCUT2D eigenvalue weighted by molar-refractivity contribution is 5.94. The van der Waals surface area contributed by atoms with Crippen LogP contribution in [0.25, 0.3) is 22.8 Å². The fraction of sp³-hybridized carbons (Fsp3) is 0.176. The van der Waals surface area contributed by atoms with Crippen molar-refractivity contribution in [3.05, 3.63) is 42.2 Å². The summed E-state index contributed by atoms with van der Waals surface area (Å²) >= 11 is 0. The molecule has 1 aromatic carbocycles. The fourth-order valence-corrected chi connectivity index (χ4v) is 2.72. The van der Waals surface area contributed by atoms with Gasteiger partial charge in [-0.3, -0.25) is 9.48 Å². The van der Waals surface area contributed by atoms with E-state index in [4.69, 9.17) is 4.74 Å². The largest absolute Gasteiger partial charge is 0.504 e. The number of benzene rings is 1. The Labute approximate surface area is 143 Å². The highest BCUT2D eigenvalue weighted by Crippen LogP contribution is 2.30. The lowest BCUT2D eigenvalue weighted by Crippen LogP contribution is -2.35. The second-order valence-corrected chi connectivity index (χ2v) is 5.55. The lowest BCUT2D eigenvalue weighted by atomic mass is 10.1. The van der Waals surface area contributed by atoms with E-state index in [1.807, 2.05) is 0 Å². The van der Waals surface area contributed by atoms with Crippen LogP contribution in [0, 0.1) is 0 Å². The number of methoxy groups -OCH3 is 1. The maximum absolute atomic E-state index is 11.9. The van der Waals surface area contributed by atoms with Crippen LogP contribution in [0.2, 0.25) is 0 Å². The van der Waals surface area contributed by atoms with Crippen molar-refractivity contribution in [2.24, 2.45) is 0 Å². The summed E-state index contributed by atoms with van der Waals surface area (Å²) in [5.41, 5.74) is 2.46. The normalized spacial score (nSPS) is 13.2. The molecule has 1 aliphatic rings. The molecule has 126 valence electrons. The predicted octanol–water partition coefficient (Wildman–Crippen LogP) is 1.46. The van der Waals surface area contributed by atoms with E-state index in [1.54, 1.807) is 35.1 Å². The Morgan fingerprint density at radius 1 is 1.24 bits per heavy atom. The van der Waals surface area contributed by atoms with Crippen LogP contribution in [-0.4, -0.2) is 44.4 Å². The third kappa shape index (κ3) is 2.67. The molecular formula is C17H15N5O3. The van der Waals surface area contributed by atoms with Gasteiger partial charge in [0, 0.05) is 18.3 Å². The Bertz CT molecular complexity index is 967. The first-order valence-corrected chi connectivity index (χ1v) is 7.72. The number of hydrogen-bond donors (Lipinski definition) is 2. The van der Waals surface area contributed by atoms with E-state index in [2.05, 4.69) is 20.4 Å². The first-order chi connectivity index (χ1) is 12.2. The molecule has 2 aromatic heterocycles. The zero-order chi connectivity index (χ0) is 17.4. The number of aromatic nitrogens is 4. The summed E-state index contributed by atoms with van der Waals surface area (Å²) in [6, 6.07) is 8.37. The SMILES string of the molecule is COc1cc(-c2nccc(-c3cc4n(n3)CCNC4=O)n2)ccc1O. The van der Waals surface area contributed by atoms with Crippen LogP contribution < -0.4 is 10.1 Å². The van der Waals surface area contributed by atoms with E-state index in [1.165, 1.54) is 13.2 Å². The van der Waals surface area contributed by atoms with Gasteiger partial charge in [0.05, 0.1) is 19.3 Å². The summed E-state index contributed by atoms with van der Waals surface area (Å²) in [7, 11) is 1.48. The quantitative estimate of drug-likeness (QED) is 0.750. The third-order valence-electron chi connectivity index (χ3n) is 3.98. The number of amides is 1. The molecule has 8 heteroatoms. The summed E-state index contributed by atoms with van der Waals surface area (Å²) in [4.78, 5) is 20.7. The summed E-state index contributed by atoms with van der Waals surface area (Å²) < 4.78 is 6.80. The second-order valence-electron chi connectivity index (χ2n) is 5.55. The molecule has 1 amide bonds. The Hall–Kier alpha value is -3.42. The third-order valence-corrected chi connectivity index (χ3v) is 3.98. The number of fused-ring (bicyclic) bond motifs is 1. The molecule has 0 bridgehead atoms. The highest BCUT2D eigenvalue weighted by atomic mass is 16.5. The van der Waals surface area contributed by atoms with Gasteiger partial charge in [0.15, 0.2) is 17.3 Å². The van der Waals surface area contributed by atoms with Crippen LogP contribution in [0.1, 0.15) is 10.5 Å². The molecule has 2 N–H and O–H groups in total. The van der Waals surface area contributed by atoms with Gasteiger partial charge in [-0.2, -0.15) is 5.10 Å². The molecule has 3 aromatic rings. The second kappa shape index (κ2) is 5.90. The molecule has 1 aliphatic heterocycles. The molecule has 0 saturated carbocycles. The topological polar surface area (TPSA) is 102 Å². The number of phenolic OH excluding ortho intramolecular Hbond substituents is 1. The Morgan fingerprint density at radius 3 is 2.92 bits per heavy atom. The van der Waals surface area contributed by atoms with Crippen LogP contribution in [0.15, 0.2) is 36.5 Å². The predicted molar refractivity (Wildman–Crippen MR) is 89.2 cm³/mol. The summed E-state index contributed by atoms with van der Waals surface area (Å²) in [5.74, 6) is 0.740. The van der Waals surface area contributed by atoms with Crippen LogP contribution in [0.5, 0.6) is 11.5 Å². The van der Waals surface area contributed by atoms with Crippen molar-refractivity contribution < 1.29 is 14.6 Å². The number of hydrogen-bond acceptors (Lipinski definition) is 6. The number of ether oxygens (including phenoxy) is 1. The van der Waals surface area contributed by atoms with Crippen molar-refractivity contribution in [1.82, 2.24) is 25.1 Å². The van der Waals surface area contributed by atoms with Crippen LogP contribution in [0.4, 0.5) is 0 Å². The Kier molecular flexibility index (Phi) is 3.57. The summed E-state index contributed by atoms with van der Waals surface area (Å²) in [6.07, 6.45) is 1.63. The lowest BCUT2D eigenvalue weighted by Gasteiger charge is -2.13. The zero-order valence-electron chi connectivity index (χ0n) is 13.4. The molecule has 4 rings (SSSR count). The van der Waals surface area contributed by atoms with E-state index in [-0.39, 0.29) is 11.7 Å². The minimum atomic E-state index is -0.137. The van der Waals surface area contributed by atoms with E-state index in [0.29, 0.717) is 47.3 Å². The monoisotopic (exact) mass is 337 g/mol. The number of rotatable bonds is 3. The first-order valence-electron chi connectivity index (χ1n) is 7.72. The number of phenols is 1. The smallest absolute Gasteiger partial charge is 0.269 e. The van der Waals surface area contributed by atoms with Gasteiger partial charge in [0.2, 0.25) is 0 Å². The number of aromatic hydroxyl groups is 1. The van der Waals surface area contributed by atoms with Crippen molar-refractivity contribution >= 4 is 5.91 Å². The average Bonchev–Trinajstić information content (AvgIpc) is 3.08. The minimum absolute atomic E-state index is 0.0511. The minimum Gasteiger partial charge on any atom is -0.504 e. The fourth-order valence-electron chi connectivity index (χ4n) is 2.72. The maximum Gasteiger partial charge on any atom is 0.269 e. The number of carbonyl (C=O) groups is 1. The number of carbonyl (C=O) groups excluding carboxylic acids is 1. The maximum atomic E-state index is 11.9. The van der Waals surface area contributed by atoms with Gasteiger partial charge in [-0.25, -0.2) is 9.97 Å². The van der Waals surface area contributed by atoms with Gasteiger partial charge in [-0.15, -0.1) is 0 Å². The molecule has 3 heterocycles. The molecule has 0 radical (unpaired) electrons. The molecule has 0 spiro atoms. The van der Waals surface area contributed by atoms with Crippen LogP contribution >= 0.6 is 0 Å². The van der Waals surface area contributed by atoms with Gasteiger partial charge in [-0.1, -0.05) is 0 Å². The van der Waals surface area contributed by atoms with E-state index in [9.17, 15) is 9.90 Å². The molecule has 0 aliphatic carbocycles. The zero-order valence-corrected chi connectivity index (χ0v) is 13.4. The molecule has 0 fully saturated rings.